The average molecular weight is 264 g/mol. The molecule has 108 valence electrons. The van der Waals surface area contributed by atoms with E-state index in [4.69, 9.17) is 4.42 Å². The molecule has 0 spiro atoms. The third kappa shape index (κ3) is 4.36. The van der Waals surface area contributed by atoms with Crippen molar-refractivity contribution < 1.29 is 4.42 Å². The molecule has 0 saturated heterocycles. The molecule has 1 saturated carbocycles. The van der Waals surface area contributed by atoms with Crippen LogP contribution in [0.3, 0.4) is 0 Å². The van der Waals surface area contributed by atoms with Gasteiger partial charge in [0.1, 0.15) is 11.5 Å². The van der Waals surface area contributed by atoms with Crippen LogP contribution in [-0.2, 0) is 13.1 Å². The Labute approximate surface area is 117 Å². The molecular formula is C16H28N2O. The van der Waals surface area contributed by atoms with Gasteiger partial charge >= 0.3 is 0 Å². The SMILES string of the molecule is CCN(Cc1cc(CNCC(C)C)c(C)o1)C1CC1. The van der Waals surface area contributed by atoms with E-state index < -0.39 is 0 Å². The Morgan fingerprint density at radius 1 is 1.42 bits per heavy atom. The first-order chi connectivity index (χ1) is 9.10. The Kier molecular flexibility index (Phi) is 5.06. The van der Waals surface area contributed by atoms with Crippen LogP contribution in [0.4, 0.5) is 0 Å². The average Bonchev–Trinajstić information content (AvgIpc) is 3.13. The van der Waals surface area contributed by atoms with Gasteiger partial charge in [0.05, 0.1) is 6.54 Å². The van der Waals surface area contributed by atoms with Gasteiger partial charge in [0.15, 0.2) is 0 Å². The van der Waals surface area contributed by atoms with Crippen LogP contribution in [0.5, 0.6) is 0 Å². The van der Waals surface area contributed by atoms with Gasteiger partial charge in [0, 0.05) is 18.2 Å². The highest BCUT2D eigenvalue weighted by Crippen LogP contribution is 2.28. The molecule has 19 heavy (non-hydrogen) atoms. The maximum atomic E-state index is 5.90. The van der Waals surface area contributed by atoms with Crippen molar-refractivity contribution in [3.05, 3.63) is 23.2 Å². The van der Waals surface area contributed by atoms with Crippen LogP contribution in [0.2, 0.25) is 0 Å². The molecular weight excluding hydrogens is 236 g/mol. The first-order valence-corrected chi connectivity index (χ1v) is 7.63. The topological polar surface area (TPSA) is 28.4 Å². The monoisotopic (exact) mass is 264 g/mol. The van der Waals surface area contributed by atoms with E-state index >= 15 is 0 Å². The molecule has 0 atom stereocenters. The molecule has 0 aliphatic heterocycles. The number of hydrogen-bond acceptors (Lipinski definition) is 3. The summed E-state index contributed by atoms with van der Waals surface area (Å²) in [6, 6.07) is 3.03. The molecule has 1 fully saturated rings. The molecule has 2 rings (SSSR count). The minimum atomic E-state index is 0.692. The van der Waals surface area contributed by atoms with E-state index in [1.807, 2.05) is 0 Å². The molecule has 0 radical (unpaired) electrons. The number of rotatable bonds is 8. The normalized spacial score (nSPS) is 15.7. The summed E-state index contributed by atoms with van der Waals surface area (Å²) in [4.78, 5) is 2.52. The van der Waals surface area contributed by atoms with Gasteiger partial charge in [-0.05, 0) is 44.8 Å². The lowest BCUT2D eigenvalue weighted by molar-refractivity contribution is 0.244. The Hall–Kier alpha value is -0.800. The summed E-state index contributed by atoms with van der Waals surface area (Å²) in [7, 11) is 0. The van der Waals surface area contributed by atoms with E-state index in [1.165, 1.54) is 18.4 Å². The molecule has 3 nitrogen and oxygen atoms in total. The van der Waals surface area contributed by atoms with E-state index in [9.17, 15) is 0 Å². The molecule has 1 aliphatic rings. The summed E-state index contributed by atoms with van der Waals surface area (Å²) in [6.07, 6.45) is 2.71. The quantitative estimate of drug-likeness (QED) is 0.781. The van der Waals surface area contributed by atoms with Crippen molar-refractivity contribution in [3.8, 4) is 0 Å². The second-order valence-corrected chi connectivity index (χ2v) is 6.11. The molecule has 1 aliphatic carbocycles. The van der Waals surface area contributed by atoms with Gasteiger partial charge in [-0.1, -0.05) is 20.8 Å². The molecule has 1 aromatic heterocycles. The second kappa shape index (κ2) is 6.58. The van der Waals surface area contributed by atoms with Crippen LogP contribution in [-0.4, -0.2) is 24.0 Å². The van der Waals surface area contributed by atoms with Gasteiger partial charge in [-0.3, -0.25) is 4.90 Å². The molecule has 1 aromatic rings. The third-order valence-corrected chi connectivity index (χ3v) is 3.77. The fourth-order valence-corrected chi connectivity index (χ4v) is 2.48. The first kappa shape index (κ1) is 14.6. The minimum Gasteiger partial charge on any atom is -0.465 e. The van der Waals surface area contributed by atoms with E-state index in [0.717, 1.165) is 43.7 Å². The summed E-state index contributed by atoms with van der Waals surface area (Å²) in [5.74, 6) is 2.88. The summed E-state index contributed by atoms with van der Waals surface area (Å²) >= 11 is 0. The van der Waals surface area contributed by atoms with Crippen LogP contribution in [0.1, 0.15) is 50.7 Å². The van der Waals surface area contributed by atoms with Crippen LogP contribution in [0.25, 0.3) is 0 Å². The Morgan fingerprint density at radius 2 is 2.16 bits per heavy atom. The van der Waals surface area contributed by atoms with Crippen molar-refractivity contribution in [2.45, 2.75) is 59.7 Å². The van der Waals surface area contributed by atoms with Gasteiger partial charge < -0.3 is 9.73 Å². The van der Waals surface area contributed by atoms with Gasteiger partial charge in [0.2, 0.25) is 0 Å². The predicted molar refractivity (Wildman–Crippen MR) is 79.1 cm³/mol. The summed E-state index contributed by atoms with van der Waals surface area (Å²) in [5, 5.41) is 3.48. The molecule has 1 N–H and O–H groups in total. The predicted octanol–water partition coefficient (Wildman–Crippen LogP) is 3.32. The maximum Gasteiger partial charge on any atom is 0.118 e. The van der Waals surface area contributed by atoms with Gasteiger partial charge in [-0.2, -0.15) is 0 Å². The number of nitrogens with one attached hydrogen (secondary N) is 1. The summed E-state index contributed by atoms with van der Waals surface area (Å²) in [5.41, 5.74) is 1.31. The lowest BCUT2D eigenvalue weighted by atomic mass is 10.2. The molecule has 0 bridgehead atoms. The Balaban J connectivity index is 1.88. The van der Waals surface area contributed by atoms with Crippen molar-refractivity contribution in [2.75, 3.05) is 13.1 Å². The van der Waals surface area contributed by atoms with Crippen LogP contribution >= 0.6 is 0 Å². The zero-order chi connectivity index (χ0) is 13.8. The van der Waals surface area contributed by atoms with Crippen LogP contribution < -0.4 is 5.32 Å². The van der Waals surface area contributed by atoms with E-state index in [0.29, 0.717) is 5.92 Å². The highest BCUT2D eigenvalue weighted by molar-refractivity contribution is 5.20. The molecule has 0 unspecified atom stereocenters. The van der Waals surface area contributed by atoms with E-state index in [2.05, 4.69) is 44.0 Å². The second-order valence-electron chi connectivity index (χ2n) is 6.11. The highest BCUT2D eigenvalue weighted by Gasteiger charge is 2.28. The third-order valence-electron chi connectivity index (χ3n) is 3.77. The van der Waals surface area contributed by atoms with Crippen molar-refractivity contribution in [3.63, 3.8) is 0 Å². The first-order valence-electron chi connectivity index (χ1n) is 7.63. The maximum absolute atomic E-state index is 5.90. The zero-order valence-electron chi connectivity index (χ0n) is 12.8. The number of furan rings is 1. The molecule has 0 amide bonds. The van der Waals surface area contributed by atoms with Crippen molar-refractivity contribution in [2.24, 2.45) is 5.92 Å². The van der Waals surface area contributed by atoms with Crippen LogP contribution in [0.15, 0.2) is 10.5 Å². The standard InChI is InChI=1S/C16H28N2O/c1-5-18(15-6-7-15)11-16-8-14(13(4)19-16)10-17-9-12(2)3/h8,12,15,17H,5-7,9-11H2,1-4H3. The Bertz CT molecular complexity index is 393. The highest BCUT2D eigenvalue weighted by atomic mass is 16.3. The number of aryl methyl sites for hydroxylation is 1. The van der Waals surface area contributed by atoms with Gasteiger partial charge in [0.25, 0.3) is 0 Å². The summed E-state index contributed by atoms with van der Waals surface area (Å²) < 4.78 is 5.90. The lowest BCUT2D eigenvalue weighted by Gasteiger charge is -2.17. The van der Waals surface area contributed by atoms with Crippen LogP contribution in [0, 0.1) is 12.8 Å². The smallest absolute Gasteiger partial charge is 0.118 e. The van der Waals surface area contributed by atoms with E-state index in [-0.39, 0.29) is 0 Å². The van der Waals surface area contributed by atoms with Crippen molar-refractivity contribution in [1.82, 2.24) is 10.2 Å². The molecule has 3 heteroatoms. The largest absolute Gasteiger partial charge is 0.465 e. The van der Waals surface area contributed by atoms with E-state index in [1.54, 1.807) is 0 Å². The van der Waals surface area contributed by atoms with Crippen molar-refractivity contribution in [1.29, 1.82) is 0 Å². The summed E-state index contributed by atoms with van der Waals surface area (Å²) in [6.45, 7) is 12.8. The fraction of sp³-hybridized carbons (Fsp3) is 0.750. The van der Waals surface area contributed by atoms with Crippen molar-refractivity contribution >= 4 is 0 Å². The number of hydrogen-bond donors (Lipinski definition) is 1. The number of nitrogens with zero attached hydrogens (tertiary/aromatic N) is 1. The van der Waals surface area contributed by atoms with Gasteiger partial charge in [-0.15, -0.1) is 0 Å². The zero-order valence-corrected chi connectivity index (χ0v) is 12.8. The Morgan fingerprint density at radius 3 is 2.74 bits per heavy atom. The van der Waals surface area contributed by atoms with Gasteiger partial charge in [-0.25, -0.2) is 0 Å². The fourth-order valence-electron chi connectivity index (χ4n) is 2.48. The molecule has 1 heterocycles. The molecule has 0 aromatic carbocycles. The lowest BCUT2D eigenvalue weighted by Crippen LogP contribution is -2.24. The minimum absolute atomic E-state index is 0.692.